The molecule has 1 amide bonds. The van der Waals surface area contributed by atoms with E-state index in [0.717, 1.165) is 25.7 Å². The van der Waals surface area contributed by atoms with Gasteiger partial charge in [-0.1, -0.05) is 18.9 Å². The van der Waals surface area contributed by atoms with Crippen molar-refractivity contribution in [2.24, 2.45) is 0 Å². The van der Waals surface area contributed by atoms with Crippen LogP contribution in [0, 0.1) is 0 Å². The first-order chi connectivity index (χ1) is 8.22. The third-order valence-corrected chi connectivity index (χ3v) is 3.14. The molecule has 17 heavy (non-hydrogen) atoms. The number of ether oxygens (including phenoxy) is 1. The van der Waals surface area contributed by atoms with E-state index >= 15 is 0 Å². The Morgan fingerprint density at radius 1 is 1.41 bits per heavy atom. The smallest absolute Gasteiger partial charge is 0.259 e. The molecule has 0 saturated heterocycles. The minimum Gasteiger partial charge on any atom is -0.507 e. The van der Waals surface area contributed by atoms with Gasteiger partial charge < -0.3 is 15.2 Å². The maximum atomic E-state index is 12.1. The van der Waals surface area contributed by atoms with Crippen LogP contribution in [0.3, 0.4) is 0 Å². The van der Waals surface area contributed by atoms with Crippen LogP contribution in [0.15, 0.2) is 18.2 Å². The van der Waals surface area contributed by atoms with Crippen molar-refractivity contribution in [1.29, 1.82) is 0 Å². The lowest BCUT2D eigenvalue weighted by molar-refractivity contribution is 0.0932. The highest BCUT2D eigenvalue weighted by atomic mass is 16.5. The topological polar surface area (TPSA) is 58.6 Å². The number of phenols is 1. The molecule has 0 heterocycles. The molecule has 1 aromatic rings. The van der Waals surface area contributed by atoms with Crippen molar-refractivity contribution in [3.05, 3.63) is 23.8 Å². The van der Waals surface area contributed by atoms with E-state index in [1.165, 1.54) is 13.2 Å². The minimum atomic E-state index is -0.258. The SMILES string of the molecule is COc1cccc(O)c1C(=O)NC1CCCC1. The molecule has 92 valence electrons. The summed E-state index contributed by atoms with van der Waals surface area (Å²) in [5, 5.41) is 12.7. The Balaban J connectivity index is 2.17. The van der Waals surface area contributed by atoms with Crippen molar-refractivity contribution in [3.8, 4) is 11.5 Å². The molecule has 4 nitrogen and oxygen atoms in total. The number of methoxy groups -OCH3 is 1. The van der Waals surface area contributed by atoms with E-state index in [4.69, 9.17) is 4.74 Å². The van der Waals surface area contributed by atoms with Crippen LogP contribution in [0.4, 0.5) is 0 Å². The molecule has 1 saturated carbocycles. The molecule has 0 atom stereocenters. The number of carbonyl (C=O) groups is 1. The zero-order valence-corrected chi connectivity index (χ0v) is 9.90. The quantitative estimate of drug-likeness (QED) is 0.843. The second-order valence-corrected chi connectivity index (χ2v) is 4.31. The molecule has 0 bridgehead atoms. The summed E-state index contributed by atoms with van der Waals surface area (Å²) < 4.78 is 5.09. The molecule has 2 rings (SSSR count). The molecule has 0 unspecified atom stereocenters. The second-order valence-electron chi connectivity index (χ2n) is 4.31. The van der Waals surface area contributed by atoms with Crippen LogP contribution in [0.2, 0.25) is 0 Å². The van der Waals surface area contributed by atoms with E-state index in [0.29, 0.717) is 5.75 Å². The third-order valence-electron chi connectivity index (χ3n) is 3.14. The Kier molecular flexibility index (Phi) is 3.52. The van der Waals surface area contributed by atoms with Crippen LogP contribution < -0.4 is 10.1 Å². The number of hydrogen-bond donors (Lipinski definition) is 2. The van der Waals surface area contributed by atoms with Crippen LogP contribution >= 0.6 is 0 Å². The van der Waals surface area contributed by atoms with Crippen LogP contribution in [0.5, 0.6) is 11.5 Å². The Labute approximate surface area is 101 Å². The van der Waals surface area contributed by atoms with Gasteiger partial charge >= 0.3 is 0 Å². The van der Waals surface area contributed by atoms with E-state index in [1.807, 2.05) is 0 Å². The van der Waals surface area contributed by atoms with Crippen LogP contribution in [0.1, 0.15) is 36.0 Å². The van der Waals surface area contributed by atoms with Gasteiger partial charge in [-0.2, -0.15) is 0 Å². The predicted octanol–water partition coefficient (Wildman–Crippen LogP) is 2.07. The number of carbonyl (C=O) groups excluding carboxylic acids is 1. The van der Waals surface area contributed by atoms with Crippen LogP contribution in [0.25, 0.3) is 0 Å². The van der Waals surface area contributed by atoms with Crippen molar-refractivity contribution < 1.29 is 14.6 Å². The molecular weight excluding hydrogens is 218 g/mol. The van der Waals surface area contributed by atoms with E-state index in [2.05, 4.69) is 5.32 Å². The Bertz CT molecular complexity index is 411. The van der Waals surface area contributed by atoms with Gasteiger partial charge in [-0.3, -0.25) is 4.79 Å². The van der Waals surface area contributed by atoms with Gasteiger partial charge in [0.25, 0.3) is 5.91 Å². The molecule has 4 heteroatoms. The number of amides is 1. The van der Waals surface area contributed by atoms with Crippen LogP contribution in [-0.4, -0.2) is 24.2 Å². The highest BCUT2D eigenvalue weighted by Crippen LogP contribution is 2.28. The minimum absolute atomic E-state index is 0.0418. The molecule has 1 aliphatic rings. The lowest BCUT2D eigenvalue weighted by atomic mass is 10.1. The summed E-state index contributed by atoms with van der Waals surface area (Å²) in [6, 6.07) is 5.04. The first-order valence-corrected chi connectivity index (χ1v) is 5.89. The van der Waals surface area contributed by atoms with Crippen molar-refractivity contribution in [3.63, 3.8) is 0 Å². The monoisotopic (exact) mass is 235 g/mol. The number of phenolic OH excluding ortho intramolecular Hbond substituents is 1. The predicted molar refractivity (Wildman–Crippen MR) is 64.4 cm³/mol. The lowest BCUT2D eigenvalue weighted by Crippen LogP contribution is -2.32. The molecule has 1 aromatic carbocycles. The fourth-order valence-electron chi connectivity index (χ4n) is 2.25. The average molecular weight is 235 g/mol. The normalized spacial score (nSPS) is 15.8. The Hall–Kier alpha value is -1.71. The molecule has 0 spiro atoms. The van der Waals surface area contributed by atoms with E-state index in [9.17, 15) is 9.90 Å². The first kappa shape index (κ1) is 11.8. The van der Waals surface area contributed by atoms with Crippen LogP contribution in [-0.2, 0) is 0 Å². The fraction of sp³-hybridized carbons (Fsp3) is 0.462. The zero-order chi connectivity index (χ0) is 12.3. The summed E-state index contributed by atoms with van der Waals surface area (Å²) in [7, 11) is 1.49. The highest BCUT2D eigenvalue weighted by Gasteiger charge is 2.22. The molecule has 1 aliphatic carbocycles. The summed E-state index contributed by atoms with van der Waals surface area (Å²) >= 11 is 0. The highest BCUT2D eigenvalue weighted by molar-refractivity contribution is 5.99. The third kappa shape index (κ3) is 2.52. The summed E-state index contributed by atoms with van der Waals surface area (Å²) in [6.45, 7) is 0. The zero-order valence-electron chi connectivity index (χ0n) is 9.90. The second kappa shape index (κ2) is 5.08. The number of aromatic hydroxyl groups is 1. The standard InChI is InChI=1S/C13H17NO3/c1-17-11-8-4-7-10(15)12(11)13(16)14-9-5-2-3-6-9/h4,7-9,15H,2-3,5-6H2,1H3,(H,14,16). The van der Waals surface area contributed by atoms with Gasteiger partial charge in [0.2, 0.25) is 0 Å². The Morgan fingerprint density at radius 3 is 2.76 bits per heavy atom. The maximum Gasteiger partial charge on any atom is 0.259 e. The molecule has 0 aromatic heterocycles. The number of hydrogen-bond acceptors (Lipinski definition) is 3. The number of rotatable bonds is 3. The van der Waals surface area contributed by atoms with Gasteiger partial charge in [0.1, 0.15) is 17.1 Å². The first-order valence-electron chi connectivity index (χ1n) is 5.89. The van der Waals surface area contributed by atoms with Gasteiger partial charge in [0.05, 0.1) is 7.11 Å². The molecular formula is C13H17NO3. The maximum absolute atomic E-state index is 12.1. The average Bonchev–Trinajstić information content (AvgIpc) is 2.81. The Morgan fingerprint density at radius 2 is 2.12 bits per heavy atom. The summed E-state index contributed by atoms with van der Waals surface area (Å²) in [5.74, 6) is 0.104. The van der Waals surface area contributed by atoms with E-state index in [1.54, 1.807) is 12.1 Å². The van der Waals surface area contributed by atoms with Crippen molar-refractivity contribution >= 4 is 5.91 Å². The van der Waals surface area contributed by atoms with Crippen molar-refractivity contribution in [2.75, 3.05) is 7.11 Å². The van der Waals surface area contributed by atoms with Crippen molar-refractivity contribution in [1.82, 2.24) is 5.32 Å². The molecule has 2 N–H and O–H groups in total. The van der Waals surface area contributed by atoms with Gasteiger partial charge in [-0.05, 0) is 25.0 Å². The molecule has 0 aliphatic heterocycles. The van der Waals surface area contributed by atoms with Gasteiger partial charge in [-0.15, -0.1) is 0 Å². The summed E-state index contributed by atoms with van der Waals surface area (Å²) in [4.78, 5) is 12.1. The van der Waals surface area contributed by atoms with E-state index in [-0.39, 0.29) is 23.3 Å². The summed E-state index contributed by atoms with van der Waals surface area (Å²) in [5.41, 5.74) is 0.224. The van der Waals surface area contributed by atoms with E-state index < -0.39 is 0 Å². The largest absolute Gasteiger partial charge is 0.507 e. The number of nitrogens with one attached hydrogen (secondary N) is 1. The molecule has 1 fully saturated rings. The van der Waals surface area contributed by atoms with Gasteiger partial charge in [0.15, 0.2) is 0 Å². The van der Waals surface area contributed by atoms with Crippen molar-refractivity contribution in [2.45, 2.75) is 31.7 Å². The van der Waals surface area contributed by atoms with Gasteiger partial charge in [0, 0.05) is 6.04 Å². The summed E-state index contributed by atoms with van der Waals surface area (Å²) in [6.07, 6.45) is 4.34. The van der Waals surface area contributed by atoms with Gasteiger partial charge in [-0.25, -0.2) is 0 Å². The fourth-order valence-corrected chi connectivity index (χ4v) is 2.25. The number of benzene rings is 1. The molecule has 0 radical (unpaired) electrons. The lowest BCUT2D eigenvalue weighted by Gasteiger charge is -2.14.